The molecular formula is C17H15N3O2S3. The Kier molecular flexibility index (Phi) is 4.26. The van der Waals surface area contributed by atoms with Crippen molar-refractivity contribution >= 4 is 44.7 Å². The maximum absolute atomic E-state index is 12.6. The summed E-state index contributed by atoms with van der Waals surface area (Å²) in [5.74, 6) is 1.95. The fourth-order valence-corrected chi connectivity index (χ4v) is 5.16. The second-order valence-electron chi connectivity index (χ2n) is 5.66. The number of aromatic nitrogens is 3. The van der Waals surface area contributed by atoms with E-state index in [1.807, 2.05) is 19.2 Å². The Morgan fingerprint density at radius 1 is 1.24 bits per heavy atom. The third-order valence-electron chi connectivity index (χ3n) is 3.84. The number of H-pyrrole nitrogens is 1. The molecule has 0 aliphatic rings. The molecule has 0 saturated carbocycles. The topological polar surface area (TPSA) is 71.8 Å². The first-order valence-corrected chi connectivity index (χ1v) is 10.3. The van der Waals surface area contributed by atoms with Crippen LogP contribution >= 0.6 is 34.4 Å². The zero-order chi connectivity index (χ0) is 17.6. The van der Waals surface area contributed by atoms with E-state index in [9.17, 15) is 4.79 Å². The highest BCUT2D eigenvalue weighted by molar-refractivity contribution is 7.98. The SMILES string of the molecule is Cc1ccc(-c2csc3nc(CSc4nc(C)c(C)o4)[nH]c(=O)c23)s1. The van der Waals surface area contributed by atoms with Crippen molar-refractivity contribution in [3.8, 4) is 10.4 Å². The molecule has 4 heterocycles. The number of oxazole rings is 1. The second-order valence-corrected chi connectivity index (χ2v) is 8.74. The van der Waals surface area contributed by atoms with Crippen LogP contribution in [0.1, 0.15) is 22.2 Å². The number of hydrogen-bond donors (Lipinski definition) is 1. The first-order chi connectivity index (χ1) is 12.0. The predicted molar refractivity (Wildman–Crippen MR) is 104 cm³/mol. The van der Waals surface area contributed by atoms with E-state index in [2.05, 4.69) is 34.0 Å². The van der Waals surface area contributed by atoms with E-state index in [-0.39, 0.29) is 5.56 Å². The zero-order valence-corrected chi connectivity index (χ0v) is 16.3. The van der Waals surface area contributed by atoms with Gasteiger partial charge >= 0.3 is 0 Å². The number of nitrogens with zero attached hydrogens (tertiary/aromatic N) is 2. The van der Waals surface area contributed by atoms with Crippen molar-refractivity contribution in [2.75, 3.05) is 0 Å². The molecule has 0 atom stereocenters. The minimum atomic E-state index is -0.0948. The number of aromatic amines is 1. The van der Waals surface area contributed by atoms with E-state index in [4.69, 9.17) is 4.42 Å². The van der Waals surface area contributed by atoms with Gasteiger partial charge in [0.1, 0.15) is 16.4 Å². The molecule has 8 heteroatoms. The molecule has 4 aromatic heterocycles. The van der Waals surface area contributed by atoms with Gasteiger partial charge < -0.3 is 9.40 Å². The number of thiophene rings is 2. The number of aryl methyl sites for hydroxylation is 3. The summed E-state index contributed by atoms with van der Waals surface area (Å²) in [7, 11) is 0. The minimum absolute atomic E-state index is 0.0948. The van der Waals surface area contributed by atoms with Gasteiger partial charge in [0.2, 0.25) is 0 Å². The monoisotopic (exact) mass is 389 g/mol. The van der Waals surface area contributed by atoms with Crippen molar-refractivity contribution in [1.29, 1.82) is 0 Å². The van der Waals surface area contributed by atoms with Gasteiger partial charge in [0.15, 0.2) is 0 Å². The number of rotatable bonds is 4. The lowest BCUT2D eigenvalue weighted by atomic mass is 10.2. The maximum Gasteiger partial charge on any atom is 0.260 e. The lowest BCUT2D eigenvalue weighted by Gasteiger charge is -2.00. The van der Waals surface area contributed by atoms with Crippen LogP contribution in [-0.2, 0) is 5.75 Å². The van der Waals surface area contributed by atoms with E-state index < -0.39 is 0 Å². The molecule has 1 N–H and O–H groups in total. The highest BCUT2D eigenvalue weighted by Crippen LogP contribution is 2.35. The Balaban J connectivity index is 1.65. The van der Waals surface area contributed by atoms with Crippen molar-refractivity contribution in [1.82, 2.24) is 15.0 Å². The summed E-state index contributed by atoms with van der Waals surface area (Å²) < 4.78 is 5.55. The van der Waals surface area contributed by atoms with E-state index in [1.165, 1.54) is 28.0 Å². The van der Waals surface area contributed by atoms with Gasteiger partial charge in [-0.2, -0.15) is 0 Å². The largest absolute Gasteiger partial charge is 0.437 e. The summed E-state index contributed by atoms with van der Waals surface area (Å²) >= 11 is 4.62. The van der Waals surface area contributed by atoms with E-state index >= 15 is 0 Å². The molecule has 0 aliphatic heterocycles. The van der Waals surface area contributed by atoms with Crippen LogP contribution in [0.3, 0.4) is 0 Å². The van der Waals surface area contributed by atoms with Crippen LogP contribution in [0.2, 0.25) is 0 Å². The summed E-state index contributed by atoms with van der Waals surface area (Å²) in [4.78, 5) is 27.5. The van der Waals surface area contributed by atoms with Crippen molar-refractivity contribution in [3.63, 3.8) is 0 Å². The fraction of sp³-hybridized carbons (Fsp3) is 0.235. The molecule has 0 amide bonds. The molecule has 0 spiro atoms. The van der Waals surface area contributed by atoms with Crippen molar-refractivity contribution in [3.05, 3.63) is 50.0 Å². The normalized spacial score (nSPS) is 11.5. The van der Waals surface area contributed by atoms with Gasteiger partial charge in [-0.25, -0.2) is 9.97 Å². The van der Waals surface area contributed by atoms with Gasteiger partial charge in [-0.05, 0) is 32.9 Å². The molecule has 0 aromatic carbocycles. The second kappa shape index (κ2) is 6.44. The Morgan fingerprint density at radius 2 is 2.08 bits per heavy atom. The number of thioether (sulfide) groups is 1. The smallest absolute Gasteiger partial charge is 0.260 e. The molecule has 5 nitrogen and oxygen atoms in total. The van der Waals surface area contributed by atoms with Gasteiger partial charge in [-0.15, -0.1) is 22.7 Å². The van der Waals surface area contributed by atoms with E-state index in [0.29, 0.717) is 22.2 Å². The van der Waals surface area contributed by atoms with Gasteiger partial charge in [0, 0.05) is 20.7 Å². The van der Waals surface area contributed by atoms with Crippen molar-refractivity contribution in [2.45, 2.75) is 31.7 Å². The molecule has 4 rings (SSSR count). The number of fused-ring (bicyclic) bond motifs is 1. The van der Waals surface area contributed by atoms with Crippen LogP contribution in [0.15, 0.2) is 31.9 Å². The summed E-state index contributed by atoms with van der Waals surface area (Å²) in [6.45, 7) is 5.86. The lowest BCUT2D eigenvalue weighted by molar-refractivity contribution is 0.431. The minimum Gasteiger partial charge on any atom is -0.437 e. The van der Waals surface area contributed by atoms with Gasteiger partial charge in [-0.3, -0.25) is 4.79 Å². The molecule has 4 aromatic rings. The molecule has 0 fully saturated rings. The quantitative estimate of drug-likeness (QED) is 0.502. The fourth-order valence-electron chi connectivity index (χ4n) is 2.46. The van der Waals surface area contributed by atoms with Crippen LogP contribution in [0.4, 0.5) is 0 Å². The van der Waals surface area contributed by atoms with Gasteiger partial charge in [0.25, 0.3) is 10.8 Å². The van der Waals surface area contributed by atoms with E-state index in [1.54, 1.807) is 11.3 Å². The van der Waals surface area contributed by atoms with Gasteiger partial charge in [0.05, 0.1) is 16.8 Å². The average molecular weight is 390 g/mol. The number of hydrogen-bond acceptors (Lipinski definition) is 7. The summed E-state index contributed by atoms with van der Waals surface area (Å²) in [6.07, 6.45) is 0. The van der Waals surface area contributed by atoms with Crippen LogP contribution in [0, 0.1) is 20.8 Å². The van der Waals surface area contributed by atoms with Crippen LogP contribution in [0.5, 0.6) is 0 Å². The highest BCUT2D eigenvalue weighted by atomic mass is 32.2. The summed E-state index contributed by atoms with van der Waals surface area (Å²) in [5, 5.41) is 3.28. The van der Waals surface area contributed by atoms with Crippen molar-refractivity contribution in [2.24, 2.45) is 0 Å². The molecule has 0 aliphatic carbocycles. The molecule has 0 saturated heterocycles. The summed E-state index contributed by atoms with van der Waals surface area (Å²) in [5.41, 5.74) is 1.75. The van der Waals surface area contributed by atoms with Crippen LogP contribution in [-0.4, -0.2) is 15.0 Å². The first kappa shape index (κ1) is 16.6. The van der Waals surface area contributed by atoms with Gasteiger partial charge in [-0.1, -0.05) is 11.8 Å². The molecule has 0 unspecified atom stereocenters. The Hall–Kier alpha value is -1.90. The molecule has 0 radical (unpaired) electrons. The maximum atomic E-state index is 12.6. The molecule has 128 valence electrons. The predicted octanol–water partition coefficient (Wildman–Crippen LogP) is 4.92. The first-order valence-electron chi connectivity index (χ1n) is 7.65. The molecule has 0 bridgehead atoms. The average Bonchev–Trinajstić information content (AvgIpc) is 3.25. The zero-order valence-electron chi connectivity index (χ0n) is 13.9. The van der Waals surface area contributed by atoms with Crippen LogP contribution in [0.25, 0.3) is 20.7 Å². The standard InChI is InChI=1S/C17H15N3O2S3/c1-8-4-5-12(25-8)11-6-23-16-14(11)15(21)19-13(20-16)7-24-17-18-9(2)10(3)22-17/h4-6H,7H2,1-3H3,(H,19,20,21). The highest BCUT2D eigenvalue weighted by Gasteiger charge is 2.15. The Morgan fingerprint density at radius 3 is 2.76 bits per heavy atom. The Bertz CT molecular complexity index is 1100. The lowest BCUT2D eigenvalue weighted by Crippen LogP contribution is -2.10. The number of nitrogens with one attached hydrogen (secondary N) is 1. The Labute approximate surface area is 156 Å². The summed E-state index contributed by atoms with van der Waals surface area (Å²) in [6, 6.07) is 4.12. The third kappa shape index (κ3) is 3.17. The third-order valence-corrected chi connectivity index (χ3v) is 6.59. The van der Waals surface area contributed by atoms with Crippen LogP contribution < -0.4 is 5.56 Å². The molecular weight excluding hydrogens is 374 g/mol. The van der Waals surface area contributed by atoms with E-state index in [0.717, 1.165) is 26.7 Å². The molecule has 25 heavy (non-hydrogen) atoms. The van der Waals surface area contributed by atoms with Crippen molar-refractivity contribution < 1.29 is 4.42 Å².